The van der Waals surface area contributed by atoms with E-state index in [9.17, 15) is 9.46 Å². The maximum atomic E-state index is 11.8. The number of hydrogen-bond donors (Lipinski definition) is 1. The van der Waals surface area contributed by atoms with Gasteiger partial charge in [-0.1, -0.05) is 75.6 Å². The Morgan fingerprint density at radius 2 is 1.91 bits per heavy atom. The van der Waals surface area contributed by atoms with Crippen LogP contribution < -0.4 is 0 Å². The van der Waals surface area contributed by atoms with Crippen molar-refractivity contribution in [1.29, 1.82) is 0 Å². The zero-order valence-corrected chi connectivity index (χ0v) is 22.5. The number of phosphoric acid groups is 1. The molecule has 2 atom stereocenters. The first-order valence-corrected chi connectivity index (χ1v) is 13.5. The summed E-state index contributed by atoms with van der Waals surface area (Å²) in [6.45, 7) is 15.5. The summed E-state index contributed by atoms with van der Waals surface area (Å²) in [6, 6.07) is 0. The Kier molecular flexibility index (Phi) is 13.1. The van der Waals surface area contributed by atoms with Crippen LogP contribution in [0.1, 0.15) is 74.1 Å². The van der Waals surface area contributed by atoms with Crippen LogP contribution in [0.15, 0.2) is 63.7 Å². The predicted octanol–water partition coefficient (Wildman–Crippen LogP) is 7.77. The fourth-order valence-electron chi connectivity index (χ4n) is 3.52. The van der Waals surface area contributed by atoms with Gasteiger partial charge in [-0.2, -0.15) is 0 Å². The van der Waals surface area contributed by atoms with E-state index in [1.165, 1.54) is 36.0 Å². The van der Waals surface area contributed by atoms with Gasteiger partial charge in [-0.05, 0) is 68.6 Å². The van der Waals surface area contributed by atoms with Crippen LogP contribution in [0.3, 0.4) is 0 Å². The lowest BCUT2D eigenvalue weighted by Crippen LogP contribution is -2.19. The third kappa shape index (κ3) is 12.5. The van der Waals surface area contributed by atoms with E-state index in [0.717, 1.165) is 12.0 Å². The van der Waals surface area contributed by atoms with Crippen molar-refractivity contribution < 1.29 is 18.5 Å². The van der Waals surface area contributed by atoms with Crippen LogP contribution in [0.5, 0.6) is 0 Å². The highest BCUT2D eigenvalue weighted by atomic mass is 31.2. The molecule has 186 valence electrons. The van der Waals surface area contributed by atoms with Crippen molar-refractivity contribution >= 4 is 14.0 Å². The third-order valence-electron chi connectivity index (χ3n) is 5.91. The van der Waals surface area contributed by atoms with E-state index >= 15 is 0 Å². The quantitative estimate of drug-likeness (QED) is 0.127. The van der Waals surface area contributed by atoms with Crippen LogP contribution in [0, 0.1) is 11.3 Å². The molecule has 0 radical (unpaired) electrons. The van der Waals surface area contributed by atoms with E-state index in [0.29, 0.717) is 6.54 Å². The molecular formula is C27H44NO4P. The van der Waals surface area contributed by atoms with Crippen molar-refractivity contribution in [2.24, 2.45) is 16.3 Å². The van der Waals surface area contributed by atoms with Crippen molar-refractivity contribution in [3.8, 4) is 0 Å². The molecular weight excluding hydrogens is 433 g/mol. The van der Waals surface area contributed by atoms with Gasteiger partial charge in [-0.3, -0.25) is 14.0 Å². The number of nitrogens with zero attached hydrogens (tertiary/aromatic N) is 1. The van der Waals surface area contributed by atoms with Crippen LogP contribution in [-0.4, -0.2) is 30.9 Å². The molecule has 0 heterocycles. The average molecular weight is 478 g/mol. The highest BCUT2D eigenvalue weighted by Gasteiger charge is 2.26. The topological polar surface area (TPSA) is 68.1 Å². The van der Waals surface area contributed by atoms with Crippen molar-refractivity contribution in [3.63, 3.8) is 0 Å². The zero-order chi connectivity index (χ0) is 24.9. The van der Waals surface area contributed by atoms with Gasteiger partial charge in [-0.25, -0.2) is 4.57 Å². The molecule has 2 unspecified atom stereocenters. The summed E-state index contributed by atoms with van der Waals surface area (Å²) in [4.78, 5) is 13.8. The number of phosphoric ester groups is 1. The van der Waals surface area contributed by atoms with Gasteiger partial charge in [0.2, 0.25) is 0 Å². The Labute approximate surface area is 201 Å². The first kappa shape index (κ1) is 29.5. The second-order valence-corrected chi connectivity index (χ2v) is 11.1. The summed E-state index contributed by atoms with van der Waals surface area (Å²) in [5.74, 6) is 0.216. The maximum Gasteiger partial charge on any atom is 0.472 e. The SMILES string of the molecule is CCC(C)COP(=O)(O)OCC/N=C/C=C(C)/C=C/C=C(C)/C=C/C1=C(C)CCCC1(C)C. The summed E-state index contributed by atoms with van der Waals surface area (Å²) < 4.78 is 21.7. The molecule has 33 heavy (non-hydrogen) atoms. The number of aliphatic imine (C=N–C) groups is 1. The molecule has 1 aliphatic rings. The van der Waals surface area contributed by atoms with Gasteiger partial charge >= 0.3 is 7.82 Å². The first-order valence-electron chi connectivity index (χ1n) is 12.0. The molecule has 0 amide bonds. The Balaban J connectivity index is 2.46. The minimum absolute atomic E-state index is 0.0362. The number of hydrogen-bond acceptors (Lipinski definition) is 4. The van der Waals surface area contributed by atoms with Crippen LogP contribution >= 0.6 is 7.82 Å². The maximum absolute atomic E-state index is 11.8. The van der Waals surface area contributed by atoms with Gasteiger partial charge in [-0.15, -0.1) is 0 Å². The van der Waals surface area contributed by atoms with Crippen molar-refractivity contribution in [2.45, 2.75) is 74.1 Å². The molecule has 0 aliphatic heterocycles. The largest absolute Gasteiger partial charge is 0.472 e. The molecule has 0 aromatic rings. The Hall–Kier alpha value is -1.52. The minimum atomic E-state index is -3.99. The Bertz CT molecular complexity index is 846. The molecule has 0 bridgehead atoms. The van der Waals surface area contributed by atoms with E-state index in [2.05, 4.69) is 50.9 Å². The number of rotatable bonds is 13. The summed E-state index contributed by atoms with van der Waals surface area (Å²) >= 11 is 0. The molecule has 0 spiro atoms. The minimum Gasteiger partial charge on any atom is -0.302 e. The fourth-order valence-corrected chi connectivity index (χ4v) is 4.35. The smallest absolute Gasteiger partial charge is 0.302 e. The molecule has 0 aromatic carbocycles. The molecule has 0 fully saturated rings. The van der Waals surface area contributed by atoms with Crippen LogP contribution in [0.25, 0.3) is 0 Å². The molecule has 0 saturated heterocycles. The average Bonchev–Trinajstić information content (AvgIpc) is 2.73. The second-order valence-electron chi connectivity index (χ2n) is 9.61. The van der Waals surface area contributed by atoms with Crippen molar-refractivity contribution in [3.05, 3.63) is 58.7 Å². The van der Waals surface area contributed by atoms with E-state index in [-0.39, 0.29) is 24.5 Å². The molecule has 1 rings (SSSR count). The first-order chi connectivity index (χ1) is 15.5. The highest BCUT2D eigenvalue weighted by molar-refractivity contribution is 7.47. The van der Waals surface area contributed by atoms with E-state index in [4.69, 9.17) is 9.05 Å². The van der Waals surface area contributed by atoms with Gasteiger partial charge in [0.25, 0.3) is 0 Å². The lowest BCUT2D eigenvalue weighted by Gasteiger charge is -2.32. The second kappa shape index (κ2) is 14.7. The van der Waals surface area contributed by atoms with Gasteiger partial charge in [0.05, 0.1) is 19.8 Å². The molecule has 0 aromatic heterocycles. The van der Waals surface area contributed by atoms with Crippen molar-refractivity contribution in [2.75, 3.05) is 19.8 Å². The highest BCUT2D eigenvalue weighted by Crippen LogP contribution is 2.43. The van der Waals surface area contributed by atoms with Crippen molar-refractivity contribution in [1.82, 2.24) is 0 Å². The monoisotopic (exact) mass is 477 g/mol. The summed E-state index contributed by atoms with van der Waals surface area (Å²) in [5, 5.41) is 0. The van der Waals surface area contributed by atoms with Gasteiger partial charge in [0.15, 0.2) is 0 Å². The molecule has 5 nitrogen and oxygen atoms in total. The van der Waals surface area contributed by atoms with Gasteiger partial charge < -0.3 is 4.89 Å². The molecule has 0 saturated carbocycles. The standard InChI is InChI=1S/C27H44NO4P/c1-8-22(2)21-32-33(29,30)31-20-19-28-18-16-24(4)12-9-11-23(3)14-15-26-25(5)13-10-17-27(26,6)7/h9,11-12,14-16,18,22H,8,10,13,17,19-21H2,1-7H3,(H,29,30)/b12-9+,15-14+,23-11+,24-16+,28-18+. The molecule has 1 aliphatic carbocycles. The Morgan fingerprint density at radius 3 is 2.58 bits per heavy atom. The van der Waals surface area contributed by atoms with Crippen LogP contribution in [0.4, 0.5) is 0 Å². The lowest BCUT2D eigenvalue weighted by atomic mass is 9.72. The third-order valence-corrected chi connectivity index (χ3v) is 6.89. The fraction of sp³-hybridized carbons (Fsp3) is 0.593. The molecule has 1 N–H and O–H groups in total. The molecule has 6 heteroatoms. The lowest BCUT2D eigenvalue weighted by molar-refractivity contribution is 0.136. The normalized spacial score (nSPS) is 20.8. The summed E-state index contributed by atoms with van der Waals surface area (Å²) in [6.07, 6.45) is 18.8. The zero-order valence-electron chi connectivity index (χ0n) is 21.6. The van der Waals surface area contributed by atoms with E-state index in [1.807, 2.05) is 39.0 Å². The summed E-state index contributed by atoms with van der Waals surface area (Å²) in [7, 11) is -3.99. The summed E-state index contributed by atoms with van der Waals surface area (Å²) in [5.41, 5.74) is 5.50. The van der Waals surface area contributed by atoms with Crippen LogP contribution in [0.2, 0.25) is 0 Å². The van der Waals surface area contributed by atoms with Crippen LogP contribution in [-0.2, 0) is 13.6 Å². The predicted molar refractivity (Wildman–Crippen MR) is 141 cm³/mol. The van der Waals surface area contributed by atoms with Gasteiger partial charge in [0.1, 0.15) is 0 Å². The number of allylic oxidation sites excluding steroid dienone is 10. The van der Waals surface area contributed by atoms with E-state index < -0.39 is 7.82 Å². The van der Waals surface area contributed by atoms with E-state index in [1.54, 1.807) is 6.21 Å². The van der Waals surface area contributed by atoms with Gasteiger partial charge in [0, 0.05) is 6.21 Å². The Morgan fingerprint density at radius 1 is 1.21 bits per heavy atom.